The number of nitrogens with two attached hydrogens (primary N) is 1. The molecule has 1 fully saturated rings. The Bertz CT molecular complexity index is 586. The third kappa shape index (κ3) is 3.32. The van der Waals surface area contributed by atoms with Gasteiger partial charge < -0.3 is 10.5 Å². The molecule has 1 aliphatic carbocycles. The van der Waals surface area contributed by atoms with Crippen LogP contribution in [0.5, 0.6) is 0 Å². The van der Waals surface area contributed by atoms with E-state index in [0.717, 1.165) is 19.3 Å². The summed E-state index contributed by atoms with van der Waals surface area (Å²) in [6.07, 6.45) is 3.77. The summed E-state index contributed by atoms with van der Waals surface area (Å²) in [5.41, 5.74) is 5.83. The van der Waals surface area contributed by atoms with Gasteiger partial charge in [0.2, 0.25) is 10.0 Å². The van der Waals surface area contributed by atoms with Gasteiger partial charge in [0.15, 0.2) is 0 Å². The van der Waals surface area contributed by atoms with Gasteiger partial charge in [0.1, 0.15) is 9.88 Å². The maximum Gasteiger partial charge on any atom is 0.242 e. The van der Waals surface area contributed by atoms with Gasteiger partial charge in [0, 0.05) is 19.3 Å². The van der Waals surface area contributed by atoms with Gasteiger partial charge in [-0.1, -0.05) is 12.2 Å². The van der Waals surface area contributed by atoms with Crippen molar-refractivity contribution in [2.75, 3.05) is 7.11 Å². The predicted molar refractivity (Wildman–Crippen MR) is 78.9 cm³/mol. The minimum absolute atomic E-state index is 0.0753. The number of hydrogen-bond acceptors (Lipinski definition) is 5. The number of methoxy groups -OCH3 is 1. The van der Waals surface area contributed by atoms with Crippen molar-refractivity contribution in [2.24, 2.45) is 5.73 Å². The van der Waals surface area contributed by atoms with Crippen molar-refractivity contribution in [3.8, 4) is 0 Å². The van der Waals surface area contributed by atoms with Crippen LogP contribution in [0.15, 0.2) is 23.2 Å². The molecule has 3 N–H and O–H groups in total. The summed E-state index contributed by atoms with van der Waals surface area (Å²) in [7, 11) is -2.01. The van der Waals surface area contributed by atoms with Gasteiger partial charge in [-0.2, -0.15) is 0 Å². The van der Waals surface area contributed by atoms with Crippen LogP contribution in [0.25, 0.3) is 0 Å². The molecular formula is C12H17N3O3S2. The lowest BCUT2D eigenvalue weighted by Crippen LogP contribution is -2.40. The molecule has 0 amide bonds. The molecule has 8 heteroatoms. The number of thiocarbonyl (C=S) groups is 1. The van der Waals surface area contributed by atoms with Gasteiger partial charge in [0.05, 0.1) is 11.8 Å². The van der Waals surface area contributed by atoms with Crippen LogP contribution in [0.1, 0.15) is 25.0 Å². The quantitative estimate of drug-likeness (QED) is 0.771. The van der Waals surface area contributed by atoms with E-state index in [-0.39, 0.29) is 22.0 Å². The van der Waals surface area contributed by atoms with Gasteiger partial charge in [-0.25, -0.2) is 13.1 Å². The average Bonchev–Trinajstić information content (AvgIpc) is 2.85. The number of aromatic nitrogens is 1. The average molecular weight is 315 g/mol. The SMILES string of the molecule is COC1CCCC1NS(=O)(=O)c1ccc(C(N)=S)nc1. The Labute approximate surface area is 123 Å². The Morgan fingerprint density at radius 1 is 1.50 bits per heavy atom. The second-order valence-electron chi connectivity index (χ2n) is 4.68. The van der Waals surface area contributed by atoms with E-state index in [1.165, 1.54) is 18.3 Å². The summed E-state index contributed by atoms with van der Waals surface area (Å²) >= 11 is 4.78. The fraction of sp³-hybridized carbons (Fsp3) is 0.500. The number of pyridine rings is 1. The van der Waals surface area contributed by atoms with Crippen molar-refractivity contribution < 1.29 is 13.2 Å². The largest absolute Gasteiger partial charge is 0.388 e. The summed E-state index contributed by atoms with van der Waals surface area (Å²) in [6, 6.07) is 2.75. The summed E-state index contributed by atoms with van der Waals surface area (Å²) in [5, 5.41) is 0. The van der Waals surface area contributed by atoms with Crippen molar-refractivity contribution in [3.63, 3.8) is 0 Å². The highest BCUT2D eigenvalue weighted by Gasteiger charge is 2.31. The fourth-order valence-corrected chi connectivity index (χ4v) is 3.66. The standard InChI is InChI=1S/C12H17N3O3S2/c1-18-11-4-2-3-9(11)15-20(16,17)8-5-6-10(12(13)19)14-7-8/h5-7,9,11,15H,2-4H2,1H3,(H2,13,19). The zero-order valence-corrected chi connectivity index (χ0v) is 12.7. The molecular weight excluding hydrogens is 298 g/mol. The van der Waals surface area contributed by atoms with Gasteiger partial charge in [-0.3, -0.25) is 4.98 Å². The lowest BCUT2D eigenvalue weighted by molar-refractivity contribution is 0.0916. The molecule has 2 unspecified atom stereocenters. The van der Waals surface area contributed by atoms with Crippen molar-refractivity contribution in [1.29, 1.82) is 0 Å². The maximum atomic E-state index is 12.3. The summed E-state index contributed by atoms with van der Waals surface area (Å²) < 4.78 is 32.5. The van der Waals surface area contributed by atoms with Gasteiger partial charge in [0.25, 0.3) is 0 Å². The number of nitrogens with one attached hydrogen (secondary N) is 1. The lowest BCUT2D eigenvalue weighted by Gasteiger charge is -2.19. The number of hydrogen-bond donors (Lipinski definition) is 2. The van der Waals surface area contributed by atoms with Gasteiger partial charge in [-0.15, -0.1) is 0 Å². The summed E-state index contributed by atoms with van der Waals surface area (Å²) in [4.78, 5) is 4.17. The topological polar surface area (TPSA) is 94.3 Å². The highest BCUT2D eigenvalue weighted by Crippen LogP contribution is 2.23. The number of nitrogens with zero attached hydrogens (tertiary/aromatic N) is 1. The van der Waals surface area contributed by atoms with Crippen LogP contribution in [-0.2, 0) is 14.8 Å². The monoisotopic (exact) mass is 315 g/mol. The first-order valence-corrected chi connectivity index (χ1v) is 8.14. The number of ether oxygens (including phenoxy) is 1. The summed E-state index contributed by atoms with van der Waals surface area (Å²) in [6.45, 7) is 0. The molecule has 0 saturated heterocycles. The normalized spacial score (nSPS) is 22.9. The Balaban J connectivity index is 2.15. The third-order valence-electron chi connectivity index (χ3n) is 3.36. The molecule has 0 aromatic carbocycles. The van der Waals surface area contributed by atoms with E-state index in [2.05, 4.69) is 9.71 Å². The van der Waals surface area contributed by atoms with Crippen LogP contribution in [0.3, 0.4) is 0 Å². The lowest BCUT2D eigenvalue weighted by atomic mass is 10.2. The van der Waals surface area contributed by atoms with Crippen LogP contribution in [0, 0.1) is 0 Å². The molecule has 6 nitrogen and oxygen atoms in total. The first kappa shape index (κ1) is 15.3. The van der Waals surface area contributed by atoms with E-state index in [9.17, 15) is 8.42 Å². The molecule has 0 spiro atoms. The first-order valence-electron chi connectivity index (χ1n) is 6.25. The van der Waals surface area contributed by atoms with Crippen LogP contribution >= 0.6 is 12.2 Å². The molecule has 0 bridgehead atoms. The highest BCUT2D eigenvalue weighted by molar-refractivity contribution is 7.89. The van der Waals surface area contributed by atoms with E-state index >= 15 is 0 Å². The second kappa shape index (κ2) is 6.13. The zero-order chi connectivity index (χ0) is 14.8. The smallest absolute Gasteiger partial charge is 0.242 e. The zero-order valence-electron chi connectivity index (χ0n) is 11.1. The van der Waals surface area contributed by atoms with Crippen LogP contribution < -0.4 is 10.5 Å². The minimum atomic E-state index is -3.61. The minimum Gasteiger partial charge on any atom is -0.388 e. The number of rotatable bonds is 5. The molecule has 1 aliphatic rings. The molecule has 0 radical (unpaired) electrons. The van der Waals surface area contributed by atoms with Crippen molar-refractivity contribution in [3.05, 3.63) is 24.0 Å². The van der Waals surface area contributed by atoms with Crippen LogP contribution in [0.4, 0.5) is 0 Å². The van der Waals surface area contributed by atoms with Crippen molar-refractivity contribution in [1.82, 2.24) is 9.71 Å². The first-order chi connectivity index (χ1) is 9.44. The molecule has 1 saturated carbocycles. The Morgan fingerprint density at radius 2 is 2.25 bits per heavy atom. The Hall–Kier alpha value is -1.09. The van der Waals surface area contributed by atoms with Crippen molar-refractivity contribution >= 4 is 27.2 Å². The van der Waals surface area contributed by atoms with E-state index in [4.69, 9.17) is 22.7 Å². The summed E-state index contributed by atoms with van der Waals surface area (Å²) in [5.74, 6) is 0. The van der Waals surface area contributed by atoms with E-state index in [1.807, 2.05) is 0 Å². The fourth-order valence-electron chi connectivity index (χ4n) is 2.30. The van der Waals surface area contributed by atoms with Crippen LogP contribution in [0.2, 0.25) is 0 Å². The predicted octanol–water partition coefficient (Wildman–Crippen LogP) is 0.562. The van der Waals surface area contributed by atoms with E-state index in [0.29, 0.717) is 5.69 Å². The van der Waals surface area contributed by atoms with Gasteiger partial charge in [-0.05, 0) is 31.4 Å². The van der Waals surface area contributed by atoms with Crippen LogP contribution in [-0.4, -0.2) is 37.6 Å². The van der Waals surface area contributed by atoms with E-state index in [1.54, 1.807) is 7.11 Å². The molecule has 110 valence electrons. The third-order valence-corrected chi connectivity index (χ3v) is 5.05. The molecule has 2 rings (SSSR count). The Kier molecular flexibility index (Phi) is 4.69. The molecule has 2 atom stereocenters. The maximum absolute atomic E-state index is 12.3. The van der Waals surface area contributed by atoms with E-state index < -0.39 is 10.0 Å². The molecule has 0 aliphatic heterocycles. The second-order valence-corrected chi connectivity index (χ2v) is 6.83. The molecule has 1 aromatic heterocycles. The molecule has 1 heterocycles. The molecule has 20 heavy (non-hydrogen) atoms. The van der Waals surface area contributed by atoms with Crippen molar-refractivity contribution in [2.45, 2.75) is 36.3 Å². The molecule has 1 aromatic rings. The Morgan fingerprint density at radius 3 is 2.80 bits per heavy atom. The van der Waals surface area contributed by atoms with Gasteiger partial charge >= 0.3 is 0 Å². The number of sulfonamides is 1. The highest BCUT2D eigenvalue weighted by atomic mass is 32.2.